The third-order valence-corrected chi connectivity index (χ3v) is 5.31. The van der Waals surface area contributed by atoms with E-state index in [1.165, 1.54) is 30.2 Å². The number of rotatable bonds is 4. The van der Waals surface area contributed by atoms with Crippen molar-refractivity contribution in [3.63, 3.8) is 0 Å². The van der Waals surface area contributed by atoms with Gasteiger partial charge < -0.3 is 10.1 Å². The van der Waals surface area contributed by atoms with E-state index in [0.717, 1.165) is 13.0 Å². The number of anilines is 1. The monoisotopic (exact) mass is 375 g/mol. The molecule has 1 N–H and O–H groups in total. The van der Waals surface area contributed by atoms with Crippen LogP contribution in [0, 0.1) is 17.7 Å². The summed E-state index contributed by atoms with van der Waals surface area (Å²) in [5.74, 6) is 0.254. The van der Waals surface area contributed by atoms with E-state index in [2.05, 4.69) is 19.2 Å². The van der Waals surface area contributed by atoms with Crippen molar-refractivity contribution in [2.45, 2.75) is 32.8 Å². The first-order valence-electron chi connectivity index (χ1n) is 8.89. The topological polar surface area (TPSA) is 38.3 Å². The molecule has 1 amide bonds. The largest absolute Gasteiger partial charge is 0.378 e. The standard InChI is InChI=1S/C21H23ClFNO2/c1-13-9-16(12-26-14(13)2)10-15-3-6-18(7-4-15)24-21(25)17-5-8-20(23)19(22)11-17/h3-8,11,13-14,16H,9-10,12H2,1-2H3,(H,24,25). The molecular weight excluding hydrogens is 353 g/mol. The van der Waals surface area contributed by atoms with Gasteiger partial charge in [-0.1, -0.05) is 30.7 Å². The highest BCUT2D eigenvalue weighted by atomic mass is 35.5. The summed E-state index contributed by atoms with van der Waals surface area (Å²) in [6.45, 7) is 5.17. The smallest absolute Gasteiger partial charge is 0.255 e. The number of nitrogens with one attached hydrogen (secondary N) is 1. The molecule has 0 aliphatic carbocycles. The third-order valence-electron chi connectivity index (χ3n) is 5.02. The average molecular weight is 376 g/mol. The molecule has 0 bridgehead atoms. The maximum absolute atomic E-state index is 13.2. The molecule has 1 saturated heterocycles. The van der Waals surface area contributed by atoms with Gasteiger partial charge in [-0.3, -0.25) is 4.79 Å². The molecule has 3 unspecified atom stereocenters. The molecule has 138 valence electrons. The Bertz CT molecular complexity index is 778. The Kier molecular flexibility index (Phi) is 5.94. The van der Waals surface area contributed by atoms with E-state index in [-0.39, 0.29) is 10.9 Å². The minimum Gasteiger partial charge on any atom is -0.378 e. The minimum absolute atomic E-state index is 0.0637. The molecule has 1 heterocycles. The van der Waals surface area contributed by atoms with Gasteiger partial charge in [-0.05, 0) is 67.5 Å². The molecule has 0 aromatic heterocycles. The van der Waals surface area contributed by atoms with Crippen molar-refractivity contribution < 1.29 is 13.9 Å². The van der Waals surface area contributed by atoms with E-state index in [0.29, 0.717) is 29.2 Å². The summed E-state index contributed by atoms with van der Waals surface area (Å²) < 4.78 is 19.0. The van der Waals surface area contributed by atoms with Crippen molar-refractivity contribution in [1.29, 1.82) is 0 Å². The highest BCUT2D eigenvalue weighted by molar-refractivity contribution is 6.31. The number of amides is 1. The highest BCUT2D eigenvalue weighted by Crippen LogP contribution is 2.27. The fourth-order valence-electron chi connectivity index (χ4n) is 3.28. The molecule has 0 saturated carbocycles. The predicted molar refractivity (Wildman–Crippen MR) is 102 cm³/mol. The molecule has 3 rings (SSSR count). The van der Waals surface area contributed by atoms with Crippen molar-refractivity contribution in [3.8, 4) is 0 Å². The molecule has 1 fully saturated rings. The molecule has 1 aliphatic rings. The molecule has 3 atom stereocenters. The summed E-state index contributed by atoms with van der Waals surface area (Å²) in [6.07, 6.45) is 2.48. The van der Waals surface area contributed by atoms with Crippen LogP contribution in [0.3, 0.4) is 0 Å². The molecule has 1 aliphatic heterocycles. The Morgan fingerprint density at radius 2 is 1.96 bits per heavy atom. The van der Waals surface area contributed by atoms with E-state index in [1.807, 2.05) is 24.3 Å². The van der Waals surface area contributed by atoms with Gasteiger partial charge >= 0.3 is 0 Å². The van der Waals surface area contributed by atoms with E-state index in [9.17, 15) is 9.18 Å². The van der Waals surface area contributed by atoms with Crippen LogP contribution < -0.4 is 5.32 Å². The lowest BCUT2D eigenvalue weighted by Gasteiger charge is -2.32. The lowest BCUT2D eigenvalue weighted by atomic mass is 9.86. The fraction of sp³-hybridized carbons (Fsp3) is 0.381. The number of hydrogen-bond donors (Lipinski definition) is 1. The highest BCUT2D eigenvalue weighted by Gasteiger charge is 2.25. The Labute approximate surface area is 158 Å². The number of benzene rings is 2. The van der Waals surface area contributed by atoms with Crippen molar-refractivity contribution in [1.82, 2.24) is 0 Å². The van der Waals surface area contributed by atoms with Crippen molar-refractivity contribution in [2.24, 2.45) is 11.8 Å². The van der Waals surface area contributed by atoms with Gasteiger partial charge in [-0.2, -0.15) is 0 Å². The first-order chi connectivity index (χ1) is 12.4. The molecule has 0 radical (unpaired) electrons. The van der Waals surface area contributed by atoms with E-state index < -0.39 is 5.82 Å². The maximum Gasteiger partial charge on any atom is 0.255 e. The number of hydrogen-bond acceptors (Lipinski definition) is 2. The zero-order valence-electron chi connectivity index (χ0n) is 15.0. The zero-order valence-corrected chi connectivity index (χ0v) is 15.7. The summed E-state index contributed by atoms with van der Waals surface area (Å²) in [7, 11) is 0. The van der Waals surface area contributed by atoms with Gasteiger partial charge in [-0.25, -0.2) is 4.39 Å². The normalized spacial score (nSPS) is 22.8. The van der Waals surface area contributed by atoms with Crippen LogP contribution in [0.15, 0.2) is 42.5 Å². The van der Waals surface area contributed by atoms with Gasteiger partial charge in [0.15, 0.2) is 0 Å². The number of carbonyl (C=O) groups is 1. The Hall–Kier alpha value is -1.91. The van der Waals surface area contributed by atoms with E-state index in [1.54, 1.807) is 0 Å². The van der Waals surface area contributed by atoms with Crippen LogP contribution in [-0.2, 0) is 11.2 Å². The molecule has 5 heteroatoms. The van der Waals surface area contributed by atoms with Crippen LogP contribution in [-0.4, -0.2) is 18.6 Å². The van der Waals surface area contributed by atoms with Gasteiger partial charge in [0.25, 0.3) is 5.91 Å². The quantitative estimate of drug-likeness (QED) is 0.783. The SMILES string of the molecule is CC1CC(Cc2ccc(NC(=O)c3ccc(F)c(Cl)c3)cc2)COC1C. The van der Waals surface area contributed by atoms with Crippen molar-refractivity contribution in [3.05, 3.63) is 64.4 Å². The zero-order chi connectivity index (χ0) is 18.7. The summed E-state index contributed by atoms with van der Waals surface area (Å²) in [5, 5.41) is 2.74. The minimum atomic E-state index is -0.539. The number of carbonyl (C=O) groups excluding carboxylic acids is 1. The number of ether oxygens (including phenoxy) is 1. The lowest BCUT2D eigenvalue weighted by molar-refractivity contribution is -0.0397. The van der Waals surface area contributed by atoms with Crippen molar-refractivity contribution in [2.75, 3.05) is 11.9 Å². The fourth-order valence-corrected chi connectivity index (χ4v) is 3.46. The molecular formula is C21H23ClFNO2. The van der Waals surface area contributed by atoms with E-state index in [4.69, 9.17) is 16.3 Å². The van der Waals surface area contributed by atoms with Gasteiger partial charge in [0.05, 0.1) is 17.7 Å². The van der Waals surface area contributed by atoms with Gasteiger partial charge in [-0.15, -0.1) is 0 Å². The van der Waals surface area contributed by atoms with E-state index >= 15 is 0 Å². The van der Waals surface area contributed by atoms with Crippen LogP contribution in [0.25, 0.3) is 0 Å². The Morgan fingerprint density at radius 1 is 1.23 bits per heavy atom. The van der Waals surface area contributed by atoms with Gasteiger partial charge in [0.2, 0.25) is 0 Å². The number of halogens is 2. The first kappa shape index (κ1) is 18.9. The van der Waals surface area contributed by atoms with Gasteiger partial charge in [0.1, 0.15) is 5.82 Å². The molecule has 2 aromatic carbocycles. The maximum atomic E-state index is 13.2. The van der Waals surface area contributed by atoms with Gasteiger partial charge in [0, 0.05) is 11.3 Å². The summed E-state index contributed by atoms with van der Waals surface area (Å²) in [5.41, 5.74) is 2.24. The van der Waals surface area contributed by atoms with Crippen LogP contribution in [0.5, 0.6) is 0 Å². The molecule has 2 aromatic rings. The second-order valence-electron chi connectivity index (χ2n) is 7.10. The van der Waals surface area contributed by atoms with Crippen LogP contribution >= 0.6 is 11.6 Å². The first-order valence-corrected chi connectivity index (χ1v) is 9.27. The average Bonchev–Trinajstić information content (AvgIpc) is 2.62. The second kappa shape index (κ2) is 8.19. The third kappa shape index (κ3) is 4.63. The summed E-state index contributed by atoms with van der Waals surface area (Å²) in [4.78, 5) is 12.2. The van der Waals surface area contributed by atoms with Crippen LogP contribution in [0.2, 0.25) is 5.02 Å². The Balaban J connectivity index is 1.59. The lowest BCUT2D eigenvalue weighted by Crippen LogP contribution is -2.31. The predicted octanol–water partition coefficient (Wildman–Crippen LogP) is 5.34. The Morgan fingerprint density at radius 3 is 2.62 bits per heavy atom. The molecule has 26 heavy (non-hydrogen) atoms. The summed E-state index contributed by atoms with van der Waals surface area (Å²) >= 11 is 5.73. The van der Waals surface area contributed by atoms with Crippen LogP contribution in [0.1, 0.15) is 36.2 Å². The summed E-state index contributed by atoms with van der Waals surface area (Å²) in [6, 6.07) is 11.7. The molecule has 0 spiro atoms. The second-order valence-corrected chi connectivity index (χ2v) is 7.51. The molecule has 3 nitrogen and oxygen atoms in total. The van der Waals surface area contributed by atoms with Crippen molar-refractivity contribution >= 4 is 23.2 Å². The van der Waals surface area contributed by atoms with Crippen LogP contribution in [0.4, 0.5) is 10.1 Å².